The molecule has 0 saturated carbocycles. The topological polar surface area (TPSA) is 0 Å². The van der Waals surface area contributed by atoms with E-state index in [1.807, 2.05) is 13.8 Å². The Balaban J connectivity index is -0.0000000603. The molecule has 0 heteroatoms. The summed E-state index contributed by atoms with van der Waals surface area (Å²) in [5, 5.41) is 0. The lowest BCUT2D eigenvalue weighted by atomic mass is 9.96. The Morgan fingerprint density at radius 3 is 1.07 bits per heavy atom. The van der Waals surface area contributed by atoms with E-state index in [1.165, 1.54) is 12.8 Å². The highest BCUT2D eigenvalue weighted by Gasteiger charge is 2.01. The Labute approximate surface area is 93.8 Å². The van der Waals surface area contributed by atoms with E-state index in [0.717, 1.165) is 11.8 Å². The molecular formula is C14H34. The molecule has 0 N–H and O–H groups in total. The van der Waals surface area contributed by atoms with Crippen molar-refractivity contribution in [1.82, 2.24) is 0 Å². The molecule has 90 valence electrons. The van der Waals surface area contributed by atoms with Gasteiger partial charge in [0.25, 0.3) is 0 Å². The molecule has 0 amide bonds. The van der Waals surface area contributed by atoms with Gasteiger partial charge >= 0.3 is 0 Å². The Bertz CT molecular complexity index is 55.1. The standard InChI is InChI=1S/C7H16.C3H8.C2H6.C2H4/c1-5-7(4)6(2)3;1-3-2;2*1-2/h6-7H,5H2,1-4H3;3H2,1-2H3;1-2H3;1-2H2. The zero-order valence-electron chi connectivity index (χ0n) is 12.0. The minimum absolute atomic E-state index is 0.866. The largest absolute Gasteiger partial charge is 0.106 e. The molecule has 0 aliphatic carbocycles. The second-order valence-corrected chi connectivity index (χ2v) is 3.34. The second kappa shape index (κ2) is 29.3. The van der Waals surface area contributed by atoms with E-state index < -0.39 is 0 Å². The highest BCUT2D eigenvalue weighted by molar-refractivity contribution is 4.52. The van der Waals surface area contributed by atoms with Crippen LogP contribution in [0.4, 0.5) is 0 Å². The molecule has 0 rings (SSSR count). The average molecular weight is 202 g/mol. The molecule has 0 aliphatic rings. The van der Waals surface area contributed by atoms with Crippen molar-refractivity contribution in [3.63, 3.8) is 0 Å². The summed E-state index contributed by atoms with van der Waals surface area (Å²) in [7, 11) is 0. The van der Waals surface area contributed by atoms with Gasteiger partial charge < -0.3 is 0 Å². The number of hydrogen-bond acceptors (Lipinski definition) is 0. The van der Waals surface area contributed by atoms with Crippen LogP contribution in [0.1, 0.15) is 68.2 Å². The normalized spacial score (nSPS) is 9.50. The third-order valence-corrected chi connectivity index (χ3v) is 1.78. The molecular weight excluding hydrogens is 168 g/mol. The molecule has 0 aromatic heterocycles. The van der Waals surface area contributed by atoms with Crippen molar-refractivity contribution in [1.29, 1.82) is 0 Å². The molecule has 0 nitrogen and oxygen atoms in total. The molecule has 1 unspecified atom stereocenters. The third-order valence-electron chi connectivity index (χ3n) is 1.78. The first kappa shape index (κ1) is 23.5. The average Bonchev–Trinajstić information content (AvgIpc) is 2.23. The van der Waals surface area contributed by atoms with Crippen LogP contribution < -0.4 is 0 Å². The van der Waals surface area contributed by atoms with Crippen LogP contribution in [0.3, 0.4) is 0 Å². The lowest BCUT2D eigenvalue weighted by molar-refractivity contribution is 0.407. The molecule has 0 aromatic carbocycles. The first-order chi connectivity index (χ1) is 6.59. The van der Waals surface area contributed by atoms with Gasteiger partial charge in [-0.15, -0.1) is 13.2 Å². The van der Waals surface area contributed by atoms with Crippen LogP contribution in [-0.4, -0.2) is 0 Å². The molecule has 0 aromatic rings. The van der Waals surface area contributed by atoms with Crippen LogP contribution in [0.5, 0.6) is 0 Å². The van der Waals surface area contributed by atoms with Crippen molar-refractivity contribution >= 4 is 0 Å². The first-order valence-electron chi connectivity index (χ1n) is 6.09. The minimum Gasteiger partial charge on any atom is -0.106 e. The van der Waals surface area contributed by atoms with Crippen LogP contribution in [0.15, 0.2) is 13.2 Å². The zero-order valence-corrected chi connectivity index (χ0v) is 12.0. The molecule has 1 atom stereocenters. The van der Waals surface area contributed by atoms with Gasteiger partial charge in [0, 0.05) is 0 Å². The van der Waals surface area contributed by atoms with Crippen LogP contribution in [0.2, 0.25) is 0 Å². The van der Waals surface area contributed by atoms with Gasteiger partial charge in [0.15, 0.2) is 0 Å². The minimum atomic E-state index is 0.866. The van der Waals surface area contributed by atoms with Crippen LogP contribution in [-0.2, 0) is 0 Å². The van der Waals surface area contributed by atoms with E-state index in [-0.39, 0.29) is 0 Å². The summed E-state index contributed by atoms with van der Waals surface area (Å²) in [4.78, 5) is 0. The molecule has 0 saturated heterocycles. The lowest BCUT2D eigenvalue weighted by Crippen LogP contribution is -2.00. The van der Waals surface area contributed by atoms with Crippen molar-refractivity contribution in [2.24, 2.45) is 11.8 Å². The smallest absolute Gasteiger partial charge is 0.0422 e. The fourth-order valence-corrected chi connectivity index (χ4v) is 0.471. The summed E-state index contributed by atoms with van der Waals surface area (Å²) in [5.41, 5.74) is 0. The van der Waals surface area contributed by atoms with Crippen molar-refractivity contribution in [3.8, 4) is 0 Å². The number of rotatable bonds is 2. The molecule has 14 heavy (non-hydrogen) atoms. The van der Waals surface area contributed by atoms with Crippen LogP contribution in [0, 0.1) is 11.8 Å². The summed E-state index contributed by atoms with van der Waals surface area (Å²) >= 11 is 0. The highest BCUT2D eigenvalue weighted by atomic mass is 14.1. The Hall–Kier alpha value is -0.260. The molecule has 0 bridgehead atoms. The Morgan fingerprint density at radius 2 is 1.07 bits per heavy atom. The van der Waals surface area contributed by atoms with Gasteiger partial charge in [-0.05, 0) is 11.8 Å². The predicted octanol–water partition coefficient (Wildman–Crippen LogP) is 5.93. The van der Waals surface area contributed by atoms with E-state index in [9.17, 15) is 0 Å². The third kappa shape index (κ3) is 41.1. The van der Waals surface area contributed by atoms with Crippen molar-refractivity contribution < 1.29 is 0 Å². The monoisotopic (exact) mass is 202 g/mol. The van der Waals surface area contributed by atoms with E-state index in [0.29, 0.717) is 0 Å². The highest BCUT2D eigenvalue weighted by Crippen LogP contribution is 2.11. The quantitative estimate of drug-likeness (QED) is 0.487. The summed E-state index contributed by atoms with van der Waals surface area (Å²) in [6.07, 6.45) is 2.57. The van der Waals surface area contributed by atoms with E-state index in [1.54, 1.807) is 0 Å². The van der Waals surface area contributed by atoms with Gasteiger partial charge in [-0.2, -0.15) is 0 Å². The van der Waals surface area contributed by atoms with Crippen molar-refractivity contribution in [3.05, 3.63) is 13.2 Å². The summed E-state index contributed by atoms with van der Waals surface area (Å²) in [6, 6.07) is 0. The summed E-state index contributed by atoms with van der Waals surface area (Å²) in [6.45, 7) is 23.3. The lowest BCUT2D eigenvalue weighted by Gasteiger charge is -2.10. The Morgan fingerprint density at radius 1 is 0.857 bits per heavy atom. The molecule has 0 fully saturated rings. The van der Waals surface area contributed by atoms with Crippen molar-refractivity contribution in [2.45, 2.75) is 68.2 Å². The predicted molar refractivity (Wildman–Crippen MR) is 72.9 cm³/mol. The first-order valence-corrected chi connectivity index (χ1v) is 6.09. The number of hydrogen-bond donors (Lipinski definition) is 0. The van der Waals surface area contributed by atoms with Gasteiger partial charge in [0.2, 0.25) is 0 Å². The summed E-state index contributed by atoms with van der Waals surface area (Å²) < 4.78 is 0. The fourth-order valence-electron chi connectivity index (χ4n) is 0.471. The summed E-state index contributed by atoms with van der Waals surface area (Å²) in [5.74, 6) is 1.77. The van der Waals surface area contributed by atoms with E-state index in [4.69, 9.17) is 0 Å². The van der Waals surface area contributed by atoms with E-state index in [2.05, 4.69) is 54.7 Å². The molecule has 0 spiro atoms. The Kier molecular flexibility index (Phi) is 49.2. The van der Waals surface area contributed by atoms with Gasteiger partial charge in [0.05, 0.1) is 0 Å². The molecule has 0 radical (unpaired) electrons. The maximum atomic E-state index is 3.00. The van der Waals surface area contributed by atoms with Gasteiger partial charge in [0.1, 0.15) is 0 Å². The van der Waals surface area contributed by atoms with Gasteiger partial charge in [-0.3, -0.25) is 0 Å². The second-order valence-electron chi connectivity index (χ2n) is 3.34. The fraction of sp³-hybridized carbons (Fsp3) is 0.857. The van der Waals surface area contributed by atoms with E-state index >= 15 is 0 Å². The van der Waals surface area contributed by atoms with Gasteiger partial charge in [-0.25, -0.2) is 0 Å². The molecule has 0 aliphatic heterocycles. The van der Waals surface area contributed by atoms with Crippen LogP contribution >= 0.6 is 0 Å². The van der Waals surface area contributed by atoms with Gasteiger partial charge in [-0.1, -0.05) is 68.2 Å². The maximum absolute atomic E-state index is 3.00. The zero-order chi connectivity index (χ0) is 12.6. The SMILES string of the molecule is C=C.CC.CCC.CCC(C)C(C)C. The van der Waals surface area contributed by atoms with Crippen LogP contribution in [0.25, 0.3) is 0 Å². The maximum Gasteiger partial charge on any atom is -0.0422 e. The molecule has 0 heterocycles. The van der Waals surface area contributed by atoms with Crippen molar-refractivity contribution in [2.75, 3.05) is 0 Å².